The lowest BCUT2D eigenvalue weighted by Crippen LogP contribution is -3.13. The molecule has 3 aromatic rings. The number of halogens is 1. The van der Waals surface area contributed by atoms with Crippen molar-refractivity contribution in [3.8, 4) is 0 Å². The van der Waals surface area contributed by atoms with Gasteiger partial charge in [-0.25, -0.2) is 0 Å². The summed E-state index contributed by atoms with van der Waals surface area (Å²) >= 11 is 3.54. The Morgan fingerprint density at radius 3 is 2.56 bits per heavy atom. The third kappa shape index (κ3) is 4.40. The van der Waals surface area contributed by atoms with Crippen LogP contribution >= 0.6 is 15.9 Å². The number of hydrazone groups is 1. The Hall–Kier alpha value is -2.17. The molecular formula is C23H25BrN3+. The van der Waals surface area contributed by atoms with Gasteiger partial charge in [0.05, 0.1) is 31.9 Å². The van der Waals surface area contributed by atoms with Crippen LogP contribution in [0.5, 0.6) is 0 Å². The molecule has 0 aromatic heterocycles. The molecule has 0 amide bonds. The van der Waals surface area contributed by atoms with E-state index in [0.717, 1.165) is 42.9 Å². The third-order valence-corrected chi connectivity index (χ3v) is 5.79. The molecule has 3 aromatic carbocycles. The van der Waals surface area contributed by atoms with Crippen LogP contribution in [-0.4, -0.2) is 36.9 Å². The van der Waals surface area contributed by atoms with Gasteiger partial charge < -0.3 is 4.90 Å². The Balaban J connectivity index is 1.39. The number of nitrogens with zero attached hydrogens (tertiary/aromatic N) is 2. The summed E-state index contributed by atoms with van der Waals surface area (Å²) in [5.74, 6) is 0. The van der Waals surface area contributed by atoms with Gasteiger partial charge in [0.25, 0.3) is 0 Å². The van der Waals surface area contributed by atoms with Gasteiger partial charge in [0.15, 0.2) is 0 Å². The van der Waals surface area contributed by atoms with E-state index in [4.69, 9.17) is 5.10 Å². The topological polar surface area (TPSA) is 20.0 Å². The summed E-state index contributed by atoms with van der Waals surface area (Å²) in [6.45, 7) is 7.44. The number of quaternary nitrogens is 1. The lowest BCUT2D eigenvalue weighted by atomic mass is 10.0. The van der Waals surface area contributed by atoms with E-state index < -0.39 is 0 Å². The maximum atomic E-state index is 4.85. The second kappa shape index (κ2) is 8.24. The molecule has 0 aliphatic carbocycles. The van der Waals surface area contributed by atoms with E-state index in [1.54, 1.807) is 4.90 Å². The molecule has 0 radical (unpaired) electrons. The standard InChI is InChI=1S/C23H24BrN3/c1-18(20-8-5-10-22(24)16-20)25-27-14-12-26(13-15-27)17-21-9-4-7-19-6-2-3-11-23(19)21/h2-11,16H,12-15,17H2,1H3/p+1/b25-18-. The van der Waals surface area contributed by atoms with Gasteiger partial charge in [-0.15, -0.1) is 0 Å². The van der Waals surface area contributed by atoms with Crippen molar-refractivity contribution >= 4 is 32.4 Å². The molecule has 0 atom stereocenters. The molecule has 1 aliphatic heterocycles. The SMILES string of the molecule is C/C(=N/N1CC[NH+](Cc2cccc3ccccc23)CC1)c1cccc(Br)c1. The third-order valence-electron chi connectivity index (χ3n) is 5.30. The Kier molecular flexibility index (Phi) is 5.55. The Morgan fingerprint density at radius 2 is 1.74 bits per heavy atom. The Morgan fingerprint density at radius 1 is 1.00 bits per heavy atom. The summed E-state index contributed by atoms with van der Waals surface area (Å²) in [5, 5.41) is 9.80. The lowest BCUT2D eigenvalue weighted by Gasteiger charge is -2.31. The summed E-state index contributed by atoms with van der Waals surface area (Å²) in [6, 6.07) is 23.7. The number of nitrogens with one attached hydrogen (secondary N) is 1. The van der Waals surface area contributed by atoms with Gasteiger partial charge in [-0.1, -0.05) is 70.5 Å². The normalized spacial score (nSPS) is 16.1. The molecule has 4 heteroatoms. The van der Waals surface area contributed by atoms with Crippen molar-refractivity contribution in [2.45, 2.75) is 13.5 Å². The van der Waals surface area contributed by atoms with Crippen molar-refractivity contribution in [1.29, 1.82) is 0 Å². The molecule has 27 heavy (non-hydrogen) atoms. The number of piperazine rings is 1. The van der Waals surface area contributed by atoms with Crippen LogP contribution in [0, 0.1) is 0 Å². The number of benzene rings is 3. The van der Waals surface area contributed by atoms with Gasteiger partial charge in [0.2, 0.25) is 0 Å². The van der Waals surface area contributed by atoms with Gasteiger partial charge in [0, 0.05) is 10.0 Å². The summed E-state index contributed by atoms with van der Waals surface area (Å²) in [4.78, 5) is 1.64. The molecule has 1 aliphatic rings. The van der Waals surface area contributed by atoms with Crippen LogP contribution in [0.1, 0.15) is 18.1 Å². The zero-order chi connectivity index (χ0) is 18.6. The molecule has 0 bridgehead atoms. The smallest absolute Gasteiger partial charge is 0.104 e. The van der Waals surface area contributed by atoms with Gasteiger partial charge in [0.1, 0.15) is 6.54 Å². The molecule has 3 nitrogen and oxygen atoms in total. The van der Waals surface area contributed by atoms with E-state index in [2.05, 4.69) is 88.5 Å². The Labute approximate surface area is 169 Å². The van der Waals surface area contributed by atoms with Crippen molar-refractivity contribution in [2.75, 3.05) is 26.2 Å². The van der Waals surface area contributed by atoms with Crippen molar-refractivity contribution in [1.82, 2.24) is 5.01 Å². The van der Waals surface area contributed by atoms with E-state index in [9.17, 15) is 0 Å². The average Bonchev–Trinajstić information content (AvgIpc) is 2.70. The summed E-state index contributed by atoms with van der Waals surface area (Å²) < 4.78 is 1.10. The molecule has 1 heterocycles. The fourth-order valence-corrected chi connectivity index (χ4v) is 4.19. The van der Waals surface area contributed by atoms with Crippen LogP contribution in [-0.2, 0) is 6.54 Å². The highest BCUT2D eigenvalue weighted by molar-refractivity contribution is 9.10. The van der Waals surface area contributed by atoms with E-state index >= 15 is 0 Å². The van der Waals surface area contributed by atoms with Crippen LogP contribution in [0.15, 0.2) is 76.3 Å². The number of hydrogen-bond donors (Lipinski definition) is 1. The van der Waals surface area contributed by atoms with Crippen LogP contribution in [0.3, 0.4) is 0 Å². The first kappa shape index (κ1) is 18.2. The second-order valence-corrected chi connectivity index (χ2v) is 8.13. The van der Waals surface area contributed by atoms with Crippen molar-refractivity contribution < 1.29 is 4.90 Å². The monoisotopic (exact) mass is 422 g/mol. The molecule has 0 spiro atoms. The van der Waals surface area contributed by atoms with E-state index in [-0.39, 0.29) is 0 Å². The summed E-state index contributed by atoms with van der Waals surface area (Å²) in [6.07, 6.45) is 0. The van der Waals surface area contributed by atoms with Crippen molar-refractivity contribution in [3.05, 3.63) is 82.3 Å². The van der Waals surface area contributed by atoms with Crippen LogP contribution < -0.4 is 4.90 Å². The molecule has 1 saturated heterocycles. The number of hydrogen-bond acceptors (Lipinski definition) is 2. The maximum absolute atomic E-state index is 4.85. The molecule has 0 saturated carbocycles. The first-order chi connectivity index (χ1) is 13.2. The molecule has 1 fully saturated rings. The van der Waals surface area contributed by atoms with Crippen LogP contribution in [0.4, 0.5) is 0 Å². The minimum atomic E-state index is 1.01. The number of fused-ring (bicyclic) bond motifs is 1. The molecule has 1 N–H and O–H groups in total. The van der Waals surface area contributed by atoms with Gasteiger partial charge >= 0.3 is 0 Å². The number of rotatable bonds is 4. The first-order valence-corrected chi connectivity index (χ1v) is 10.3. The van der Waals surface area contributed by atoms with Crippen LogP contribution in [0.25, 0.3) is 10.8 Å². The predicted octanol–water partition coefficient (Wildman–Crippen LogP) is 3.73. The van der Waals surface area contributed by atoms with E-state index in [0.29, 0.717) is 0 Å². The lowest BCUT2D eigenvalue weighted by molar-refractivity contribution is -0.918. The highest BCUT2D eigenvalue weighted by Gasteiger charge is 2.20. The van der Waals surface area contributed by atoms with Gasteiger partial charge in [-0.3, -0.25) is 5.01 Å². The zero-order valence-corrected chi connectivity index (χ0v) is 17.2. The maximum Gasteiger partial charge on any atom is 0.104 e. The minimum Gasteiger partial charge on any atom is -0.328 e. The van der Waals surface area contributed by atoms with E-state index in [1.807, 2.05) is 6.07 Å². The van der Waals surface area contributed by atoms with Gasteiger partial charge in [-0.2, -0.15) is 5.10 Å². The minimum absolute atomic E-state index is 1.01. The highest BCUT2D eigenvalue weighted by atomic mass is 79.9. The highest BCUT2D eigenvalue weighted by Crippen LogP contribution is 2.17. The fourth-order valence-electron chi connectivity index (χ4n) is 3.79. The second-order valence-electron chi connectivity index (χ2n) is 7.21. The molecule has 138 valence electrons. The molecule has 0 unspecified atom stereocenters. The molecule has 4 rings (SSSR count). The average molecular weight is 423 g/mol. The first-order valence-electron chi connectivity index (χ1n) is 9.55. The largest absolute Gasteiger partial charge is 0.328 e. The van der Waals surface area contributed by atoms with Crippen molar-refractivity contribution in [2.24, 2.45) is 5.10 Å². The van der Waals surface area contributed by atoms with Gasteiger partial charge in [-0.05, 0) is 35.4 Å². The zero-order valence-electron chi connectivity index (χ0n) is 15.7. The quantitative estimate of drug-likeness (QED) is 0.635. The van der Waals surface area contributed by atoms with E-state index in [1.165, 1.54) is 21.9 Å². The summed E-state index contributed by atoms with van der Waals surface area (Å²) in [5.41, 5.74) is 3.70. The fraction of sp³-hybridized carbons (Fsp3) is 0.261. The predicted molar refractivity (Wildman–Crippen MR) is 116 cm³/mol. The van der Waals surface area contributed by atoms with Crippen LogP contribution in [0.2, 0.25) is 0 Å². The van der Waals surface area contributed by atoms with Crippen molar-refractivity contribution in [3.63, 3.8) is 0 Å². The molecular weight excluding hydrogens is 398 g/mol. The Bertz CT molecular complexity index is 953. The summed E-state index contributed by atoms with van der Waals surface area (Å²) in [7, 11) is 0.